The minimum atomic E-state index is -0.177. The highest BCUT2D eigenvalue weighted by molar-refractivity contribution is 7.99. The molecule has 0 unspecified atom stereocenters. The van der Waals surface area contributed by atoms with Gasteiger partial charge < -0.3 is 14.8 Å². The quantitative estimate of drug-likeness (QED) is 0.324. The number of benzene rings is 1. The van der Waals surface area contributed by atoms with Gasteiger partial charge in [-0.15, -0.1) is 28.1 Å². The molecule has 0 saturated heterocycles. The maximum atomic E-state index is 12.7. The predicted octanol–water partition coefficient (Wildman–Crippen LogP) is 4.59. The number of allylic oxidation sites excluding steroid dienone is 1. The van der Waals surface area contributed by atoms with Gasteiger partial charge in [0.2, 0.25) is 5.91 Å². The first-order valence-corrected chi connectivity index (χ1v) is 12.7. The van der Waals surface area contributed by atoms with Gasteiger partial charge >= 0.3 is 0 Å². The first-order chi connectivity index (χ1) is 16.6. The van der Waals surface area contributed by atoms with Crippen molar-refractivity contribution in [2.75, 3.05) is 18.2 Å². The molecule has 10 heteroatoms. The smallest absolute Gasteiger partial charge is 0.235 e. The van der Waals surface area contributed by atoms with Gasteiger partial charge in [-0.2, -0.15) is 5.26 Å². The molecular weight excluding hydrogens is 470 g/mol. The number of carbonyl (C=O) groups is 1. The van der Waals surface area contributed by atoms with Crippen molar-refractivity contribution in [3.05, 3.63) is 58.7 Å². The molecule has 0 spiro atoms. The molecule has 1 aromatic carbocycles. The van der Waals surface area contributed by atoms with Crippen LogP contribution in [0, 0.1) is 11.3 Å². The zero-order valence-corrected chi connectivity index (χ0v) is 20.5. The number of carbonyl (C=O) groups excluding carboxylic acids is 1. The Morgan fingerprint density at radius 1 is 1.29 bits per heavy atom. The summed E-state index contributed by atoms with van der Waals surface area (Å²) in [7, 11) is 1.61. The highest BCUT2D eigenvalue weighted by atomic mass is 32.2. The molecule has 1 aliphatic rings. The van der Waals surface area contributed by atoms with E-state index in [0.717, 1.165) is 37.0 Å². The Hall–Kier alpha value is -3.29. The number of hydrogen-bond donors (Lipinski definition) is 1. The number of thioether (sulfide) groups is 1. The van der Waals surface area contributed by atoms with E-state index in [0.29, 0.717) is 33.8 Å². The Balaban J connectivity index is 1.38. The third kappa shape index (κ3) is 5.43. The highest BCUT2D eigenvalue weighted by Crippen LogP contribution is 2.37. The van der Waals surface area contributed by atoms with Gasteiger partial charge in [-0.1, -0.05) is 17.8 Å². The second kappa shape index (κ2) is 11.2. The van der Waals surface area contributed by atoms with Crippen LogP contribution < -0.4 is 14.8 Å². The van der Waals surface area contributed by atoms with Gasteiger partial charge in [0.05, 0.1) is 18.4 Å². The van der Waals surface area contributed by atoms with Crippen molar-refractivity contribution in [2.24, 2.45) is 0 Å². The van der Waals surface area contributed by atoms with Gasteiger partial charge in [0.1, 0.15) is 29.2 Å². The summed E-state index contributed by atoms with van der Waals surface area (Å²) in [6, 6.07) is 9.57. The predicted molar refractivity (Wildman–Crippen MR) is 133 cm³/mol. The summed E-state index contributed by atoms with van der Waals surface area (Å²) in [4.78, 5) is 13.9. The third-order valence-corrected chi connectivity index (χ3v) is 7.57. The van der Waals surface area contributed by atoms with E-state index in [4.69, 9.17) is 9.47 Å². The molecule has 2 heterocycles. The standard InChI is InChI=1S/C24H25N5O3S2/c1-3-12-29-21(14-32-17-10-8-16(31-2)9-11-17)27-28-24(29)33-15-22(30)26-23-19(13-25)18-6-4-5-7-20(18)34-23/h3,8-11H,1,4-7,12,14-15H2,2H3,(H,26,30). The van der Waals surface area contributed by atoms with Gasteiger partial charge in [-0.25, -0.2) is 0 Å². The molecule has 176 valence electrons. The monoisotopic (exact) mass is 495 g/mol. The van der Waals surface area contributed by atoms with E-state index < -0.39 is 0 Å². The van der Waals surface area contributed by atoms with Crippen LogP contribution in [-0.2, 0) is 30.8 Å². The lowest BCUT2D eigenvalue weighted by molar-refractivity contribution is -0.113. The average molecular weight is 496 g/mol. The molecule has 4 rings (SSSR count). The molecule has 1 aliphatic carbocycles. The SMILES string of the molecule is C=CCn1c(COc2ccc(OC)cc2)nnc1SCC(=O)Nc1sc2c(c1C#N)CCCC2. The summed E-state index contributed by atoms with van der Waals surface area (Å²) < 4.78 is 12.9. The number of fused-ring (bicyclic) bond motifs is 1. The molecule has 0 saturated carbocycles. The lowest BCUT2D eigenvalue weighted by Crippen LogP contribution is -2.15. The van der Waals surface area contributed by atoms with Crippen LogP contribution in [-0.4, -0.2) is 33.5 Å². The number of nitrogens with one attached hydrogen (secondary N) is 1. The number of ether oxygens (including phenoxy) is 2. The number of aryl methyl sites for hydroxylation is 1. The van der Waals surface area contributed by atoms with Crippen molar-refractivity contribution in [1.29, 1.82) is 5.26 Å². The molecule has 0 atom stereocenters. The molecular formula is C24H25N5O3S2. The first kappa shape index (κ1) is 23.9. The number of hydrogen-bond acceptors (Lipinski definition) is 8. The van der Waals surface area contributed by atoms with Crippen molar-refractivity contribution < 1.29 is 14.3 Å². The number of nitrogens with zero attached hydrogens (tertiary/aromatic N) is 4. The summed E-state index contributed by atoms with van der Waals surface area (Å²) in [5.41, 5.74) is 1.72. The number of amides is 1. The number of methoxy groups -OCH3 is 1. The molecule has 0 bridgehead atoms. The molecule has 2 aromatic heterocycles. The lowest BCUT2D eigenvalue weighted by atomic mass is 9.96. The van der Waals surface area contributed by atoms with Crippen molar-refractivity contribution in [3.8, 4) is 17.6 Å². The van der Waals surface area contributed by atoms with E-state index in [1.165, 1.54) is 28.0 Å². The molecule has 1 N–H and O–H groups in total. The van der Waals surface area contributed by atoms with E-state index in [9.17, 15) is 10.1 Å². The van der Waals surface area contributed by atoms with E-state index in [2.05, 4.69) is 28.2 Å². The second-order valence-corrected chi connectivity index (χ2v) is 9.67. The molecule has 34 heavy (non-hydrogen) atoms. The van der Waals surface area contributed by atoms with E-state index in [-0.39, 0.29) is 18.3 Å². The fourth-order valence-electron chi connectivity index (χ4n) is 3.73. The van der Waals surface area contributed by atoms with Crippen LogP contribution in [0.3, 0.4) is 0 Å². The Labute approximate surface area is 206 Å². The normalized spacial score (nSPS) is 12.5. The summed E-state index contributed by atoms with van der Waals surface area (Å²) in [6.45, 7) is 4.53. The van der Waals surface area contributed by atoms with E-state index >= 15 is 0 Å². The van der Waals surface area contributed by atoms with Crippen molar-refractivity contribution >= 4 is 34.0 Å². The number of rotatable bonds is 10. The van der Waals surface area contributed by atoms with Crippen LogP contribution in [0.5, 0.6) is 11.5 Å². The second-order valence-electron chi connectivity index (χ2n) is 7.63. The maximum Gasteiger partial charge on any atom is 0.235 e. The van der Waals surface area contributed by atoms with Crippen molar-refractivity contribution in [3.63, 3.8) is 0 Å². The first-order valence-electron chi connectivity index (χ1n) is 10.9. The van der Waals surface area contributed by atoms with Crippen LogP contribution in [0.2, 0.25) is 0 Å². The van der Waals surface area contributed by atoms with Gasteiger partial charge in [-0.3, -0.25) is 9.36 Å². The maximum absolute atomic E-state index is 12.7. The number of aromatic nitrogens is 3. The fraction of sp³-hybridized carbons (Fsp3) is 0.333. The minimum Gasteiger partial charge on any atom is -0.497 e. The average Bonchev–Trinajstić information content (AvgIpc) is 3.41. The summed E-state index contributed by atoms with van der Waals surface area (Å²) in [6.07, 6.45) is 5.85. The largest absolute Gasteiger partial charge is 0.497 e. The van der Waals surface area contributed by atoms with Crippen LogP contribution in [0.4, 0.5) is 5.00 Å². The Kier molecular flexibility index (Phi) is 7.87. The lowest BCUT2D eigenvalue weighted by Gasteiger charge is -2.10. The van der Waals surface area contributed by atoms with E-state index in [1.807, 2.05) is 28.8 Å². The van der Waals surface area contributed by atoms with Gasteiger partial charge in [-0.05, 0) is 55.5 Å². The number of nitriles is 1. The number of anilines is 1. The molecule has 8 nitrogen and oxygen atoms in total. The van der Waals surface area contributed by atoms with Gasteiger partial charge in [0, 0.05) is 11.4 Å². The highest BCUT2D eigenvalue weighted by Gasteiger charge is 2.22. The Bertz CT molecular complexity index is 1210. The summed E-state index contributed by atoms with van der Waals surface area (Å²) >= 11 is 2.81. The summed E-state index contributed by atoms with van der Waals surface area (Å²) in [5.74, 6) is 2.06. The molecule has 0 radical (unpaired) electrons. The Morgan fingerprint density at radius 2 is 2.06 bits per heavy atom. The van der Waals surface area contributed by atoms with Gasteiger partial charge in [0.15, 0.2) is 11.0 Å². The van der Waals surface area contributed by atoms with Crippen molar-refractivity contribution in [1.82, 2.24) is 14.8 Å². The summed E-state index contributed by atoms with van der Waals surface area (Å²) in [5, 5.41) is 22.3. The molecule has 0 aliphatic heterocycles. The molecule has 3 aromatic rings. The molecule has 0 fully saturated rings. The zero-order valence-electron chi connectivity index (χ0n) is 18.9. The van der Waals surface area contributed by atoms with Crippen LogP contribution in [0.25, 0.3) is 0 Å². The fourth-order valence-corrected chi connectivity index (χ4v) is 5.75. The van der Waals surface area contributed by atoms with Crippen LogP contribution >= 0.6 is 23.1 Å². The zero-order chi connectivity index (χ0) is 23.9. The molecule has 1 amide bonds. The number of thiophene rings is 1. The third-order valence-electron chi connectivity index (χ3n) is 5.40. The van der Waals surface area contributed by atoms with Crippen LogP contribution in [0.1, 0.15) is 34.7 Å². The van der Waals surface area contributed by atoms with Crippen molar-refractivity contribution in [2.45, 2.75) is 44.0 Å². The van der Waals surface area contributed by atoms with Crippen LogP contribution in [0.15, 0.2) is 42.1 Å². The Morgan fingerprint density at radius 3 is 2.79 bits per heavy atom. The van der Waals surface area contributed by atoms with Gasteiger partial charge in [0.25, 0.3) is 0 Å². The van der Waals surface area contributed by atoms with E-state index in [1.54, 1.807) is 13.2 Å². The topological polar surface area (TPSA) is 102 Å². The minimum absolute atomic E-state index is 0.155.